The van der Waals surface area contributed by atoms with Gasteiger partial charge < -0.3 is 5.73 Å². The van der Waals surface area contributed by atoms with Crippen LogP contribution in [0, 0.1) is 5.41 Å². The van der Waals surface area contributed by atoms with Gasteiger partial charge in [0.2, 0.25) is 0 Å². The summed E-state index contributed by atoms with van der Waals surface area (Å²) in [5.41, 5.74) is 9.01. The highest BCUT2D eigenvalue weighted by molar-refractivity contribution is 9.10. The van der Waals surface area contributed by atoms with Crippen molar-refractivity contribution >= 4 is 15.9 Å². The number of halogens is 1. The number of hydrogen-bond acceptors (Lipinski definition) is 2. The van der Waals surface area contributed by atoms with Gasteiger partial charge >= 0.3 is 0 Å². The van der Waals surface area contributed by atoms with Crippen LogP contribution in [0.1, 0.15) is 37.4 Å². The van der Waals surface area contributed by atoms with Gasteiger partial charge in [-0.3, -0.25) is 4.90 Å². The second-order valence-corrected chi connectivity index (χ2v) is 7.10. The molecular weight excluding hydrogens is 288 g/mol. The van der Waals surface area contributed by atoms with E-state index in [2.05, 4.69) is 59.9 Å². The summed E-state index contributed by atoms with van der Waals surface area (Å²) in [5.74, 6) is 0. The molecule has 1 aromatic rings. The summed E-state index contributed by atoms with van der Waals surface area (Å²) in [6.45, 7) is 6.25. The van der Waals surface area contributed by atoms with Gasteiger partial charge in [0, 0.05) is 17.1 Å². The minimum Gasteiger partial charge on any atom is -0.330 e. The lowest BCUT2D eigenvalue weighted by molar-refractivity contribution is 0.164. The smallest absolute Gasteiger partial charge is 0.0351 e. The third kappa shape index (κ3) is 2.95. The van der Waals surface area contributed by atoms with E-state index in [0.29, 0.717) is 6.04 Å². The van der Waals surface area contributed by atoms with E-state index < -0.39 is 0 Å². The lowest BCUT2D eigenvalue weighted by atomic mass is 9.92. The molecule has 0 aromatic heterocycles. The maximum Gasteiger partial charge on any atom is 0.0351 e. The predicted molar refractivity (Wildman–Crippen MR) is 80.7 cm³/mol. The highest BCUT2D eigenvalue weighted by atomic mass is 79.9. The average Bonchev–Trinajstić information content (AvgIpc) is 2.71. The van der Waals surface area contributed by atoms with Crippen molar-refractivity contribution in [3.8, 4) is 0 Å². The molecule has 0 heterocycles. The van der Waals surface area contributed by atoms with Crippen LogP contribution in [0.25, 0.3) is 0 Å². The van der Waals surface area contributed by atoms with Crippen molar-refractivity contribution in [2.75, 3.05) is 20.1 Å². The van der Waals surface area contributed by atoms with Crippen molar-refractivity contribution in [3.63, 3.8) is 0 Å². The molecular formula is C15H23BrN2. The van der Waals surface area contributed by atoms with Gasteiger partial charge in [-0.25, -0.2) is 0 Å². The SMILES string of the molecule is CN(CC(C)(C)CN)C1CCc2cc(Br)ccc21. The van der Waals surface area contributed by atoms with Crippen LogP contribution in [-0.4, -0.2) is 25.0 Å². The summed E-state index contributed by atoms with van der Waals surface area (Å²) in [5, 5.41) is 0. The average molecular weight is 311 g/mol. The first-order chi connectivity index (χ1) is 8.43. The van der Waals surface area contributed by atoms with Crippen LogP contribution in [-0.2, 0) is 6.42 Å². The number of fused-ring (bicyclic) bond motifs is 1. The van der Waals surface area contributed by atoms with E-state index in [4.69, 9.17) is 5.73 Å². The normalized spacial score (nSPS) is 19.3. The summed E-state index contributed by atoms with van der Waals surface area (Å²) >= 11 is 3.55. The van der Waals surface area contributed by atoms with Gasteiger partial charge in [0.25, 0.3) is 0 Å². The third-order valence-corrected chi connectivity index (χ3v) is 4.41. The molecule has 0 saturated carbocycles. The van der Waals surface area contributed by atoms with Crippen molar-refractivity contribution in [3.05, 3.63) is 33.8 Å². The van der Waals surface area contributed by atoms with E-state index in [-0.39, 0.29) is 5.41 Å². The Morgan fingerprint density at radius 3 is 2.83 bits per heavy atom. The Hall–Kier alpha value is -0.380. The van der Waals surface area contributed by atoms with Crippen LogP contribution in [0.4, 0.5) is 0 Å². The van der Waals surface area contributed by atoms with E-state index in [1.54, 1.807) is 0 Å². The van der Waals surface area contributed by atoms with Gasteiger partial charge in [-0.15, -0.1) is 0 Å². The Morgan fingerprint density at radius 1 is 1.44 bits per heavy atom. The molecule has 1 atom stereocenters. The van der Waals surface area contributed by atoms with Crippen molar-refractivity contribution in [2.45, 2.75) is 32.7 Å². The molecule has 18 heavy (non-hydrogen) atoms. The molecule has 2 N–H and O–H groups in total. The van der Waals surface area contributed by atoms with Crippen molar-refractivity contribution in [2.24, 2.45) is 11.1 Å². The maximum atomic E-state index is 5.83. The number of nitrogens with two attached hydrogens (primary N) is 1. The summed E-state index contributed by atoms with van der Waals surface area (Å²) in [6.07, 6.45) is 2.41. The number of nitrogens with zero attached hydrogens (tertiary/aromatic N) is 1. The van der Waals surface area contributed by atoms with Crippen molar-refractivity contribution < 1.29 is 0 Å². The Labute approximate surface area is 119 Å². The minimum atomic E-state index is 0.187. The standard InChI is InChI=1S/C15H23BrN2/c1-15(2,9-17)10-18(3)14-7-4-11-8-12(16)5-6-13(11)14/h5-6,8,14H,4,7,9-10,17H2,1-3H3. The van der Waals surface area contributed by atoms with Crippen LogP contribution >= 0.6 is 15.9 Å². The number of rotatable bonds is 4. The summed E-state index contributed by atoms with van der Waals surface area (Å²) in [4.78, 5) is 2.46. The molecule has 0 saturated heterocycles. The fourth-order valence-electron chi connectivity index (χ4n) is 2.87. The predicted octanol–water partition coefficient (Wildman–Crippen LogP) is 3.35. The fourth-order valence-corrected chi connectivity index (χ4v) is 3.28. The van der Waals surface area contributed by atoms with Crippen molar-refractivity contribution in [1.82, 2.24) is 4.90 Å². The number of hydrogen-bond donors (Lipinski definition) is 1. The van der Waals surface area contributed by atoms with Crippen LogP contribution < -0.4 is 5.73 Å². The molecule has 1 aliphatic rings. The van der Waals surface area contributed by atoms with Crippen LogP contribution in [0.2, 0.25) is 0 Å². The van der Waals surface area contributed by atoms with Crippen LogP contribution in [0.5, 0.6) is 0 Å². The molecule has 0 bridgehead atoms. The van der Waals surface area contributed by atoms with Gasteiger partial charge in [-0.05, 0) is 55.1 Å². The zero-order chi connectivity index (χ0) is 13.3. The summed E-state index contributed by atoms with van der Waals surface area (Å²) in [7, 11) is 2.22. The highest BCUT2D eigenvalue weighted by Gasteiger charge is 2.29. The monoisotopic (exact) mass is 310 g/mol. The van der Waals surface area contributed by atoms with E-state index in [0.717, 1.165) is 13.1 Å². The summed E-state index contributed by atoms with van der Waals surface area (Å²) in [6, 6.07) is 7.23. The molecule has 0 fully saturated rings. The highest BCUT2D eigenvalue weighted by Crippen LogP contribution is 2.37. The minimum absolute atomic E-state index is 0.187. The largest absolute Gasteiger partial charge is 0.330 e. The zero-order valence-electron chi connectivity index (χ0n) is 11.5. The van der Waals surface area contributed by atoms with Gasteiger partial charge in [-0.2, -0.15) is 0 Å². The second-order valence-electron chi connectivity index (χ2n) is 6.18. The Bertz CT molecular complexity index is 429. The molecule has 1 aromatic carbocycles. The van der Waals surface area contributed by atoms with E-state index in [1.165, 1.54) is 28.4 Å². The Balaban J connectivity index is 2.13. The topological polar surface area (TPSA) is 29.3 Å². The van der Waals surface area contributed by atoms with Gasteiger partial charge in [0.1, 0.15) is 0 Å². The molecule has 0 amide bonds. The molecule has 1 aliphatic carbocycles. The third-order valence-electron chi connectivity index (χ3n) is 3.91. The van der Waals surface area contributed by atoms with E-state index in [1.807, 2.05) is 0 Å². The van der Waals surface area contributed by atoms with Gasteiger partial charge in [0.15, 0.2) is 0 Å². The van der Waals surface area contributed by atoms with E-state index >= 15 is 0 Å². The lowest BCUT2D eigenvalue weighted by Gasteiger charge is -2.33. The molecule has 0 spiro atoms. The molecule has 2 rings (SSSR count). The Kier molecular flexibility index (Phi) is 4.15. The molecule has 0 aliphatic heterocycles. The first-order valence-electron chi connectivity index (χ1n) is 6.61. The van der Waals surface area contributed by atoms with Gasteiger partial charge in [0.05, 0.1) is 0 Å². The second kappa shape index (κ2) is 5.32. The van der Waals surface area contributed by atoms with Crippen LogP contribution in [0.3, 0.4) is 0 Å². The summed E-state index contributed by atoms with van der Waals surface area (Å²) < 4.78 is 1.19. The van der Waals surface area contributed by atoms with Crippen molar-refractivity contribution in [1.29, 1.82) is 0 Å². The molecule has 0 radical (unpaired) electrons. The fraction of sp³-hybridized carbons (Fsp3) is 0.600. The first kappa shape index (κ1) is 14.0. The van der Waals surface area contributed by atoms with Crippen LogP contribution in [0.15, 0.2) is 22.7 Å². The molecule has 3 heteroatoms. The number of aryl methyl sites for hydroxylation is 1. The van der Waals surface area contributed by atoms with Gasteiger partial charge in [-0.1, -0.05) is 35.8 Å². The Morgan fingerprint density at radius 2 is 2.17 bits per heavy atom. The van der Waals surface area contributed by atoms with E-state index in [9.17, 15) is 0 Å². The molecule has 1 unspecified atom stereocenters. The quantitative estimate of drug-likeness (QED) is 0.924. The maximum absolute atomic E-state index is 5.83. The number of benzene rings is 1. The lowest BCUT2D eigenvalue weighted by Crippen LogP contribution is -2.38. The molecule has 2 nitrogen and oxygen atoms in total. The molecule has 100 valence electrons. The first-order valence-corrected chi connectivity index (χ1v) is 7.41. The zero-order valence-corrected chi connectivity index (χ0v) is 13.1.